The minimum absolute atomic E-state index is 0.0540. The maximum Gasteiger partial charge on any atom is 0.0651 e. The molecule has 11 aromatic carbocycles. The van der Waals surface area contributed by atoms with Gasteiger partial charge in [-0.05, 0) is 130 Å². The summed E-state index contributed by atoms with van der Waals surface area (Å²) in [5, 5.41) is 5.21. The standard InChI is InChI=1S/C60H41N/c1-2-15-49(16-3-1)60-58-22-9-7-14-47(58)34-39-59(60)48-32-37-54(38-33-48)61(55-20-10-19-52(41-55)57-23-11-18-46-13-6-8-21-56(46)57)53-35-30-44(31-36-53)43-24-26-45(27-25-43)51-29-28-42-12-4-5-17-50(42)40-51/h1-41H/i10D,19D,20D,30D,31D,32D,33D,35D,36D,37D,38D,41D. The van der Waals surface area contributed by atoms with Crippen LogP contribution in [0.3, 0.4) is 0 Å². The molecule has 1 heteroatoms. The number of anilines is 3. The minimum Gasteiger partial charge on any atom is -0.310 e. The highest BCUT2D eigenvalue weighted by Crippen LogP contribution is 2.42. The second kappa shape index (κ2) is 15.6. The molecule has 11 rings (SSSR count). The average Bonchev–Trinajstić information content (AvgIpc) is 3.41. The van der Waals surface area contributed by atoms with Crippen molar-refractivity contribution in [3.05, 3.63) is 248 Å². The third-order valence-electron chi connectivity index (χ3n) is 11.1. The first-order valence-corrected chi connectivity index (χ1v) is 20.0. The lowest BCUT2D eigenvalue weighted by molar-refractivity contribution is 1.28. The Hall–Kier alpha value is -8.00. The van der Waals surface area contributed by atoms with E-state index < -0.39 is 89.6 Å². The van der Waals surface area contributed by atoms with Gasteiger partial charge in [-0.2, -0.15) is 0 Å². The maximum atomic E-state index is 9.96. The van der Waals surface area contributed by atoms with Crippen molar-refractivity contribution in [2.24, 2.45) is 0 Å². The fraction of sp³-hybridized carbons (Fsp3) is 0. The summed E-state index contributed by atoms with van der Waals surface area (Å²) in [5.41, 5.74) is 2.48. The molecule has 0 bridgehead atoms. The van der Waals surface area contributed by atoms with Gasteiger partial charge in [0.15, 0.2) is 0 Å². The van der Waals surface area contributed by atoms with Crippen LogP contribution in [-0.4, -0.2) is 0 Å². The Kier molecular flexibility index (Phi) is 6.53. The monoisotopic (exact) mass is 787 g/mol. The molecule has 286 valence electrons. The van der Waals surface area contributed by atoms with Crippen LogP contribution >= 0.6 is 0 Å². The van der Waals surface area contributed by atoms with Crippen LogP contribution in [0.5, 0.6) is 0 Å². The normalized spacial score (nSPS) is 14.0. The second-order valence-electron chi connectivity index (χ2n) is 14.7. The molecule has 0 atom stereocenters. The van der Waals surface area contributed by atoms with E-state index >= 15 is 0 Å². The Labute approximate surface area is 373 Å². The number of hydrogen-bond donors (Lipinski definition) is 0. The number of fused-ring (bicyclic) bond motifs is 3. The summed E-state index contributed by atoms with van der Waals surface area (Å²) in [6.45, 7) is 0. The molecule has 0 spiro atoms. The summed E-state index contributed by atoms with van der Waals surface area (Å²) in [6, 6.07) is 47.3. The molecule has 0 amide bonds. The summed E-state index contributed by atoms with van der Waals surface area (Å²) >= 11 is 0. The Morgan fingerprint density at radius 3 is 1.59 bits per heavy atom. The first-order chi connectivity index (χ1) is 35.3. The molecule has 0 saturated carbocycles. The highest BCUT2D eigenvalue weighted by Gasteiger charge is 2.17. The molecule has 0 aliphatic carbocycles. The van der Waals surface area contributed by atoms with Crippen molar-refractivity contribution < 1.29 is 16.4 Å². The van der Waals surface area contributed by atoms with E-state index in [0.29, 0.717) is 27.6 Å². The van der Waals surface area contributed by atoms with Crippen LogP contribution in [0.25, 0.3) is 88.0 Å². The van der Waals surface area contributed by atoms with Gasteiger partial charge >= 0.3 is 0 Å². The van der Waals surface area contributed by atoms with Crippen molar-refractivity contribution in [3.63, 3.8) is 0 Å². The average molecular weight is 788 g/mol. The lowest BCUT2D eigenvalue weighted by atomic mass is 9.90. The number of rotatable bonds is 8. The predicted molar refractivity (Wildman–Crippen MR) is 261 cm³/mol. The Balaban J connectivity index is 1.17. The summed E-state index contributed by atoms with van der Waals surface area (Å²) in [7, 11) is 0. The topological polar surface area (TPSA) is 3.24 Å². The summed E-state index contributed by atoms with van der Waals surface area (Å²) < 4.78 is 116. The molecular weight excluding hydrogens is 735 g/mol. The third-order valence-corrected chi connectivity index (χ3v) is 11.1. The quantitative estimate of drug-likeness (QED) is 0.148. The molecule has 0 saturated heterocycles. The number of hydrogen-bond acceptors (Lipinski definition) is 1. The molecular formula is C60H41N. The largest absolute Gasteiger partial charge is 0.310 e. The zero-order chi connectivity index (χ0) is 51.0. The highest BCUT2D eigenvalue weighted by atomic mass is 15.1. The first-order valence-electron chi connectivity index (χ1n) is 26.0. The predicted octanol–water partition coefficient (Wildman–Crippen LogP) is 17.0. The van der Waals surface area contributed by atoms with E-state index in [1.807, 2.05) is 127 Å². The van der Waals surface area contributed by atoms with E-state index in [-0.39, 0.29) is 16.7 Å². The molecule has 0 radical (unpaired) electrons. The van der Waals surface area contributed by atoms with Gasteiger partial charge in [-0.1, -0.05) is 206 Å². The lowest BCUT2D eigenvalue weighted by Crippen LogP contribution is -2.10. The molecule has 0 fully saturated rings. The Bertz CT molecular complexity index is 4000. The van der Waals surface area contributed by atoms with Gasteiger partial charge in [0, 0.05) is 17.1 Å². The molecule has 1 nitrogen and oxygen atoms in total. The molecule has 0 N–H and O–H groups in total. The van der Waals surface area contributed by atoms with Gasteiger partial charge in [0.1, 0.15) is 0 Å². The minimum atomic E-state index is -0.731. The Morgan fingerprint density at radius 2 is 0.852 bits per heavy atom. The number of nitrogens with zero attached hydrogens (tertiary/aromatic N) is 1. The van der Waals surface area contributed by atoms with Crippen molar-refractivity contribution in [1.82, 2.24) is 0 Å². The fourth-order valence-corrected chi connectivity index (χ4v) is 8.07. The third kappa shape index (κ3) is 6.93. The fourth-order valence-electron chi connectivity index (χ4n) is 8.07. The lowest BCUT2D eigenvalue weighted by Gasteiger charge is -2.27. The van der Waals surface area contributed by atoms with Crippen molar-refractivity contribution in [2.75, 3.05) is 4.90 Å². The molecule has 0 unspecified atom stereocenters. The van der Waals surface area contributed by atoms with E-state index in [1.54, 1.807) is 42.5 Å². The van der Waals surface area contributed by atoms with E-state index in [4.69, 9.17) is 0 Å². The SMILES string of the molecule is [2H]c1c([2H])c(-c2cccc3ccccc23)c([2H])c(N(c2c([2H])c([2H])c(-c3ccc(-c4ccc5ccccc5c4)cc3)c([2H])c2[2H])c2c([2H])c([2H])c(-c3ccc4ccccc4c3-c3ccccc3)c([2H])c2[2H])c1[2H]. The summed E-state index contributed by atoms with van der Waals surface area (Å²) in [6.07, 6.45) is 0. The molecule has 61 heavy (non-hydrogen) atoms. The van der Waals surface area contributed by atoms with Gasteiger partial charge < -0.3 is 4.90 Å². The smallest absolute Gasteiger partial charge is 0.0651 e. The van der Waals surface area contributed by atoms with Crippen LogP contribution in [0, 0.1) is 0 Å². The molecule has 11 aromatic rings. The van der Waals surface area contributed by atoms with Crippen LogP contribution in [0.2, 0.25) is 0 Å². The van der Waals surface area contributed by atoms with E-state index in [1.165, 1.54) is 0 Å². The van der Waals surface area contributed by atoms with Crippen LogP contribution in [-0.2, 0) is 0 Å². The molecule has 0 aromatic heterocycles. The zero-order valence-electron chi connectivity index (χ0n) is 44.7. The van der Waals surface area contributed by atoms with Gasteiger partial charge in [-0.15, -0.1) is 0 Å². The van der Waals surface area contributed by atoms with E-state index in [9.17, 15) is 16.4 Å². The first kappa shape index (κ1) is 25.5. The van der Waals surface area contributed by atoms with Gasteiger partial charge in [-0.25, -0.2) is 0 Å². The van der Waals surface area contributed by atoms with Crippen LogP contribution in [0.1, 0.15) is 16.4 Å². The van der Waals surface area contributed by atoms with Gasteiger partial charge in [0.25, 0.3) is 0 Å². The molecule has 0 heterocycles. The van der Waals surface area contributed by atoms with Gasteiger partial charge in [0.05, 0.1) is 16.4 Å². The van der Waals surface area contributed by atoms with Gasteiger partial charge in [-0.3, -0.25) is 0 Å². The van der Waals surface area contributed by atoms with Crippen LogP contribution in [0.15, 0.2) is 248 Å². The molecule has 0 aliphatic heterocycles. The summed E-state index contributed by atoms with van der Waals surface area (Å²) in [4.78, 5) is 0.910. The van der Waals surface area contributed by atoms with Crippen LogP contribution in [0.4, 0.5) is 17.1 Å². The van der Waals surface area contributed by atoms with Crippen molar-refractivity contribution >= 4 is 49.4 Å². The highest BCUT2D eigenvalue weighted by molar-refractivity contribution is 6.04. The van der Waals surface area contributed by atoms with Crippen LogP contribution < -0.4 is 4.90 Å². The van der Waals surface area contributed by atoms with E-state index in [2.05, 4.69) is 6.07 Å². The van der Waals surface area contributed by atoms with Crippen molar-refractivity contribution in [2.45, 2.75) is 0 Å². The number of benzene rings is 11. The van der Waals surface area contributed by atoms with E-state index in [0.717, 1.165) is 48.5 Å². The van der Waals surface area contributed by atoms with Crippen molar-refractivity contribution in [3.8, 4) is 55.6 Å². The van der Waals surface area contributed by atoms with Crippen molar-refractivity contribution in [1.29, 1.82) is 0 Å². The maximum absolute atomic E-state index is 9.96. The summed E-state index contributed by atoms with van der Waals surface area (Å²) in [5.74, 6) is 0. The second-order valence-corrected chi connectivity index (χ2v) is 14.7. The molecule has 0 aliphatic rings. The Morgan fingerprint density at radius 1 is 0.295 bits per heavy atom. The zero-order valence-corrected chi connectivity index (χ0v) is 32.7. The van der Waals surface area contributed by atoms with Gasteiger partial charge in [0.2, 0.25) is 0 Å².